The molecule has 0 aromatic rings. The lowest BCUT2D eigenvalue weighted by Gasteiger charge is -2.66. The molecule has 2 rings (SSSR count). The second-order valence-electron chi connectivity index (χ2n) is 8.65. The molecular formula is C12H30Al2BN3Si. The molecule has 3 nitrogen and oxygen atoms in total. The molecule has 0 radical (unpaired) electrons. The highest BCUT2D eigenvalue weighted by molar-refractivity contribution is 7.10. The van der Waals surface area contributed by atoms with Gasteiger partial charge in [0.1, 0.15) is 8.24 Å². The molecule has 0 atom stereocenters. The lowest BCUT2D eigenvalue weighted by Crippen LogP contribution is -2.90. The van der Waals surface area contributed by atoms with Crippen LogP contribution in [0.25, 0.3) is 0 Å². The largest absolute Gasteiger partial charge is 0.476 e. The molecule has 2 saturated heterocycles. The highest BCUT2D eigenvalue weighted by atomic mass is 28.3. The van der Waals surface area contributed by atoms with Gasteiger partial charge in [0.2, 0.25) is 0 Å². The molecule has 1 N–H and O–H groups in total. The van der Waals surface area contributed by atoms with E-state index in [1.54, 1.807) is 0 Å². The molecule has 0 amide bonds. The number of nitrogens with one attached hydrogen (secondary N) is 1. The SMILES string of the molecule is C[N]1[Al]([CH3])[N](B2C[Si](C(C)(C)C)(C(C)(C)C)N2)[Al]1[CH3]. The van der Waals surface area contributed by atoms with Crippen LogP contribution in [0.4, 0.5) is 0 Å². The van der Waals surface area contributed by atoms with E-state index in [9.17, 15) is 0 Å². The van der Waals surface area contributed by atoms with Crippen molar-refractivity contribution in [1.29, 1.82) is 0 Å². The Bertz CT molecular complexity index is 337. The van der Waals surface area contributed by atoms with E-state index in [0.717, 1.165) is 6.98 Å². The monoisotopic (exact) mass is 309 g/mol. The summed E-state index contributed by atoms with van der Waals surface area (Å²) in [6, 6.07) is 0. The fraction of sp³-hybridized carbons (Fsp3) is 1.00. The van der Waals surface area contributed by atoms with Crippen LogP contribution in [0.3, 0.4) is 0 Å². The van der Waals surface area contributed by atoms with Crippen molar-refractivity contribution in [2.45, 2.75) is 69.1 Å². The average molecular weight is 309 g/mol. The van der Waals surface area contributed by atoms with Crippen LogP contribution in [0.2, 0.25) is 27.6 Å². The minimum absolute atomic E-state index is 0.452. The van der Waals surface area contributed by atoms with Gasteiger partial charge in [-0.3, -0.25) is 0 Å². The topological polar surface area (TPSA) is 18.5 Å². The number of hydrogen-bond acceptors (Lipinski definition) is 3. The van der Waals surface area contributed by atoms with Crippen molar-refractivity contribution < 1.29 is 0 Å². The first-order chi connectivity index (χ1) is 8.42. The standard InChI is InChI=1S/C9H21BN2Si.CH3N.2CH3.2Al/c1-8(2,3)13(9(4,5)6)7-10(11)12-13;1-2;;;;/h12H,7H2,1-6H3;1H3;2*1H3;;. The van der Waals surface area contributed by atoms with Crippen LogP contribution in [-0.4, -0.2) is 57.1 Å². The molecule has 2 aliphatic rings. The highest BCUT2D eigenvalue weighted by Crippen LogP contribution is 2.55. The van der Waals surface area contributed by atoms with E-state index in [2.05, 4.69) is 70.7 Å². The van der Waals surface area contributed by atoms with Gasteiger partial charge in [-0.2, -0.15) is 0 Å². The fourth-order valence-corrected chi connectivity index (χ4v) is 19.3. The lowest BCUT2D eigenvalue weighted by atomic mass is 9.83. The third-order valence-corrected chi connectivity index (χ3v) is 22.8. The lowest BCUT2D eigenvalue weighted by molar-refractivity contribution is 0.561. The third kappa shape index (κ3) is 2.35. The van der Waals surface area contributed by atoms with Crippen LogP contribution in [0.5, 0.6) is 0 Å². The highest BCUT2D eigenvalue weighted by Gasteiger charge is 2.65. The Labute approximate surface area is 131 Å². The second kappa shape index (κ2) is 4.87. The van der Waals surface area contributed by atoms with Crippen molar-refractivity contribution in [3.8, 4) is 0 Å². The Morgan fingerprint density at radius 3 is 1.68 bits per heavy atom. The van der Waals surface area contributed by atoms with E-state index >= 15 is 0 Å². The van der Waals surface area contributed by atoms with E-state index in [0.29, 0.717) is 10.1 Å². The molecule has 106 valence electrons. The molecule has 2 aliphatic heterocycles. The summed E-state index contributed by atoms with van der Waals surface area (Å²) < 4.78 is 5.64. The van der Waals surface area contributed by atoms with Gasteiger partial charge in [0.25, 0.3) is 6.98 Å². The maximum atomic E-state index is 4.16. The van der Waals surface area contributed by atoms with Crippen LogP contribution in [-0.2, 0) is 0 Å². The van der Waals surface area contributed by atoms with Crippen molar-refractivity contribution in [2.75, 3.05) is 7.05 Å². The normalized spacial score (nSPS) is 25.4. The van der Waals surface area contributed by atoms with Crippen LogP contribution < -0.4 is 4.89 Å². The predicted octanol–water partition coefficient (Wildman–Crippen LogP) is 2.65. The van der Waals surface area contributed by atoms with Crippen molar-refractivity contribution in [3.63, 3.8) is 0 Å². The van der Waals surface area contributed by atoms with Crippen molar-refractivity contribution in [3.05, 3.63) is 0 Å². The third-order valence-electron chi connectivity index (χ3n) is 5.87. The van der Waals surface area contributed by atoms with Gasteiger partial charge in [-0.05, 0) is 16.0 Å². The fourth-order valence-electron chi connectivity index (χ4n) is 4.40. The summed E-state index contributed by atoms with van der Waals surface area (Å²) in [5.74, 6) is 6.44. The zero-order valence-corrected chi connectivity index (χ0v) is 17.6. The smallest absolute Gasteiger partial charge is 0.431 e. The van der Waals surface area contributed by atoms with E-state index in [1.165, 1.54) is 5.94 Å². The molecular weight excluding hydrogens is 279 g/mol. The molecule has 0 aromatic heterocycles. The summed E-state index contributed by atoms with van der Waals surface area (Å²) in [7, 11) is 0.947. The maximum absolute atomic E-state index is 4.16. The van der Waals surface area contributed by atoms with Gasteiger partial charge in [0.05, 0.1) is 0 Å². The van der Waals surface area contributed by atoms with Crippen molar-refractivity contribution >= 4 is 44.4 Å². The van der Waals surface area contributed by atoms with Crippen molar-refractivity contribution in [1.82, 2.24) is 10.5 Å². The number of hydrogen-bond donors (Lipinski definition) is 1. The van der Waals surface area contributed by atoms with Gasteiger partial charge in [0, 0.05) is 0 Å². The summed E-state index contributed by atoms with van der Waals surface area (Å²) in [5.41, 5.74) is 0. The maximum Gasteiger partial charge on any atom is 0.431 e. The second-order valence-corrected chi connectivity index (χ2v) is 20.7. The van der Waals surface area contributed by atoms with Gasteiger partial charge in [-0.1, -0.05) is 60.2 Å². The van der Waals surface area contributed by atoms with Crippen molar-refractivity contribution in [2.24, 2.45) is 0 Å². The minimum atomic E-state index is -1.40. The molecule has 0 unspecified atom stereocenters. The molecule has 19 heavy (non-hydrogen) atoms. The average Bonchev–Trinajstić information content (AvgIpc) is 2.16. The van der Waals surface area contributed by atoms with E-state index < -0.39 is 37.4 Å². The molecule has 0 spiro atoms. The van der Waals surface area contributed by atoms with Gasteiger partial charge in [0.15, 0.2) is 0 Å². The predicted molar refractivity (Wildman–Crippen MR) is 91.7 cm³/mol. The van der Waals surface area contributed by atoms with E-state index in [4.69, 9.17) is 0 Å². The first-order valence-corrected chi connectivity index (χ1v) is 14.3. The Morgan fingerprint density at radius 1 is 1.00 bits per heavy atom. The first-order valence-electron chi connectivity index (χ1n) is 7.69. The minimum Gasteiger partial charge on any atom is -0.476 e. The molecule has 0 bridgehead atoms. The molecule has 0 aliphatic carbocycles. The summed E-state index contributed by atoms with van der Waals surface area (Å²) >= 11 is -1.48. The summed E-state index contributed by atoms with van der Waals surface area (Å²) in [4.78, 5) is 4.16. The van der Waals surface area contributed by atoms with Gasteiger partial charge in [-0.15, -0.1) is 0 Å². The molecule has 0 saturated carbocycles. The van der Waals surface area contributed by atoms with Crippen LogP contribution in [0.15, 0.2) is 0 Å². The quantitative estimate of drug-likeness (QED) is 0.751. The summed E-state index contributed by atoms with van der Waals surface area (Å²) in [5, 5.41) is 0.905. The molecule has 7 heteroatoms. The van der Waals surface area contributed by atoms with Crippen LogP contribution in [0, 0.1) is 0 Å². The van der Waals surface area contributed by atoms with Crippen LogP contribution >= 0.6 is 0 Å². The number of rotatable bonds is 1. The zero-order chi connectivity index (χ0) is 14.8. The van der Waals surface area contributed by atoms with Crippen LogP contribution in [0.1, 0.15) is 41.5 Å². The summed E-state index contributed by atoms with van der Waals surface area (Å²) in [6.45, 7) is 15.5. The molecule has 2 heterocycles. The first kappa shape index (κ1) is 16.6. The Hall–Kier alpha value is 1.23. The van der Waals surface area contributed by atoms with E-state index in [1.807, 2.05) is 0 Å². The molecule has 0 aromatic carbocycles. The zero-order valence-electron chi connectivity index (χ0n) is 14.3. The number of nitrogens with zero attached hydrogens (tertiary/aromatic N) is 2. The van der Waals surface area contributed by atoms with Gasteiger partial charge >= 0.3 is 29.2 Å². The van der Waals surface area contributed by atoms with Gasteiger partial charge in [-0.25, -0.2) is 0 Å². The Kier molecular flexibility index (Phi) is 4.25. The Balaban J connectivity index is 2.11. The van der Waals surface area contributed by atoms with E-state index in [-0.39, 0.29) is 0 Å². The summed E-state index contributed by atoms with van der Waals surface area (Å²) in [6.07, 6.45) is 0. The Morgan fingerprint density at radius 2 is 1.37 bits per heavy atom. The molecule has 2 fully saturated rings. The van der Waals surface area contributed by atoms with Gasteiger partial charge < -0.3 is 10.5 Å².